The van der Waals surface area contributed by atoms with Crippen LogP contribution in [0.25, 0.3) is 0 Å². The van der Waals surface area contributed by atoms with Gasteiger partial charge in [0.05, 0.1) is 0 Å². The molecule has 2 aliphatic rings. The molecule has 0 amide bonds. The first-order chi connectivity index (χ1) is 7.73. The van der Waals surface area contributed by atoms with E-state index in [1.807, 2.05) is 0 Å². The summed E-state index contributed by atoms with van der Waals surface area (Å²) in [5, 5.41) is 0. The van der Waals surface area contributed by atoms with Crippen LogP contribution in [0.3, 0.4) is 0 Å². The van der Waals surface area contributed by atoms with Crippen LogP contribution in [0.2, 0.25) is 0 Å². The first kappa shape index (κ1) is 12.3. The lowest BCUT2D eigenvalue weighted by Crippen LogP contribution is -2.56. The SMILES string of the molecule is COCCCN(C)C1(CN)CC2CCC1C2. The lowest BCUT2D eigenvalue weighted by molar-refractivity contribution is 0.0571. The zero-order valence-corrected chi connectivity index (χ0v) is 10.7. The highest BCUT2D eigenvalue weighted by atomic mass is 16.5. The highest BCUT2D eigenvalue weighted by molar-refractivity contribution is 5.07. The summed E-state index contributed by atoms with van der Waals surface area (Å²) in [6.07, 6.45) is 6.71. The molecule has 2 fully saturated rings. The van der Waals surface area contributed by atoms with Crippen molar-refractivity contribution in [3.63, 3.8) is 0 Å². The van der Waals surface area contributed by atoms with Gasteiger partial charge in [0.1, 0.15) is 0 Å². The Hall–Kier alpha value is -0.120. The number of nitrogens with zero attached hydrogens (tertiary/aromatic N) is 1. The summed E-state index contributed by atoms with van der Waals surface area (Å²) in [6.45, 7) is 2.81. The minimum atomic E-state index is 0.316. The Balaban J connectivity index is 1.93. The van der Waals surface area contributed by atoms with Crippen molar-refractivity contribution in [2.75, 3.05) is 33.9 Å². The van der Waals surface area contributed by atoms with Gasteiger partial charge in [-0.05, 0) is 44.6 Å². The zero-order valence-electron chi connectivity index (χ0n) is 10.7. The van der Waals surface area contributed by atoms with Crippen molar-refractivity contribution < 1.29 is 4.74 Å². The molecule has 0 saturated heterocycles. The number of likely N-dealkylation sites (N-methyl/N-ethyl adjacent to an activating group) is 1. The first-order valence-corrected chi connectivity index (χ1v) is 6.63. The largest absolute Gasteiger partial charge is 0.385 e. The quantitative estimate of drug-likeness (QED) is 0.697. The number of rotatable bonds is 6. The molecule has 3 heteroatoms. The minimum absolute atomic E-state index is 0.316. The van der Waals surface area contributed by atoms with Gasteiger partial charge in [0.2, 0.25) is 0 Å². The molecule has 16 heavy (non-hydrogen) atoms. The maximum Gasteiger partial charge on any atom is 0.0474 e. The van der Waals surface area contributed by atoms with Gasteiger partial charge in [-0.15, -0.1) is 0 Å². The summed E-state index contributed by atoms with van der Waals surface area (Å²) >= 11 is 0. The van der Waals surface area contributed by atoms with Crippen molar-refractivity contribution in [2.45, 2.75) is 37.6 Å². The van der Waals surface area contributed by atoms with E-state index in [1.54, 1.807) is 7.11 Å². The Morgan fingerprint density at radius 2 is 2.25 bits per heavy atom. The van der Waals surface area contributed by atoms with Gasteiger partial charge in [0.25, 0.3) is 0 Å². The van der Waals surface area contributed by atoms with Crippen molar-refractivity contribution in [1.82, 2.24) is 4.90 Å². The summed E-state index contributed by atoms with van der Waals surface area (Å²) < 4.78 is 5.13. The molecule has 0 spiro atoms. The highest BCUT2D eigenvalue weighted by Gasteiger charge is 2.51. The van der Waals surface area contributed by atoms with Crippen LogP contribution < -0.4 is 5.73 Å². The van der Waals surface area contributed by atoms with Gasteiger partial charge in [-0.1, -0.05) is 6.42 Å². The molecule has 0 aliphatic heterocycles. The third-order valence-electron chi connectivity index (χ3n) is 4.90. The standard InChI is InChI=1S/C13H26N2O/c1-15(6-3-7-16-2)13(10-14)9-11-4-5-12(13)8-11/h11-12H,3-10,14H2,1-2H3. The number of ether oxygens (including phenoxy) is 1. The van der Waals surface area contributed by atoms with Crippen molar-refractivity contribution in [2.24, 2.45) is 17.6 Å². The monoisotopic (exact) mass is 226 g/mol. The molecule has 3 nitrogen and oxygen atoms in total. The molecule has 94 valence electrons. The Morgan fingerprint density at radius 1 is 1.44 bits per heavy atom. The van der Waals surface area contributed by atoms with E-state index in [-0.39, 0.29) is 0 Å². The van der Waals surface area contributed by atoms with E-state index < -0.39 is 0 Å². The Labute approximate surface area is 99.3 Å². The molecule has 2 bridgehead atoms. The Bertz CT molecular complexity index is 234. The highest BCUT2D eigenvalue weighted by Crippen LogP contribution is 2.52. The molecule has 2 N–H and O–H groups in total. The van der Waals surface area contributed by atoms with Crippen molar-refractivity contribution >= 4 is 0 Å². The number of hydrogen-bond acceptors (Lipinski definition) is 3. The van der Waals surface area contributed by atoms with Gasteiger partial charge >= 0.3 is 0 Å². The predicted molar refractivity (Wildman–Crippen MR) is 66.4 cm³/mol. The maximum absolute atomic E-state index is 6.09. The van der Waals surface area contributed by atoms with E-state index in [9.17, 15) is 0 Å². The third kappa shape index (κ3) is 2.01. The van der Waals surface area contributed by atoms with Crippen molar-refractivity contribution in [3.05, 3.63) is 0 Å². The van der Waals surface area contributed by atoms with E-state index in [0.29, 0.717) is 5.54 Å². The fraction of sp³-hybridized carbons (Fsp3) is 1.00. The number of nitrogens with two attached hydrogens (primary N) is 1. The first-order valence-electron chi connectivity index (χ1n) is 6.63. The normalized spacial score (nSPS) is 37.5. The lowest BCUT2D eigenvalue weighted by atomic mass is 9.79. The fourth-order valence-electron chi connectivity index (χ4n) is 3.96. The second-order valence-electron chi connectivity index (χ2n) is 5.66. The van der Waals surface area contributed by atoms with Crippen molar-refractivity contribution in [1.29, 1.82) is 0 Å². The average molecular weight is 226 g/mol. The van der Waals surface area contributed by atoms with Crippen LogP contribution in [0, 0.1) is 11.8 Å². The second kappa shape index (κ2) is 5.03. The van der Waals surface area contributed by atoms with Crippen molar-refractivity contribution in [3.8, 4) is 0 Å². The summed E-state index contributed by atoms with van der Waals surface area (Å²) in [5.41, 5.74) is 6.40. The van der Waals surface area contributed by atoms with Crippen LogP contribution in [0.1, 0.15) is 32.1 Å². The molecule has 3 atom stereocenters. The number of methoxy groups -OCH3 is 1. The minimum Gasteiger partial charge on any atom is -0.385 e. The van der Waals surface area contributed by atoms with E-state index >= 15 is 0 Å². The summed E-state index contributed by atoms with van der Waals surface area (Å²) in [4.78, 5) is 2.52. The summed E-state index contributed by atoms with van der Waals surface area (Å²) in [7, 11) is 4.03. The van der Waals surface area contributed by atoms with Crippen LogP contribution in [0.5, 0.6) is 0 Å². The molecule has 0 heterocycles. The zero-order chi connectivity index (χ0) is 11.6. The molecule has 0 aromatic heterocycles. The van der Waals surface area contributed by atoms with Crippen LogP contribution in [-0.4, -0.2) is 44.3 Å². The summed E-state index contributed by atoms with van der Waals surface area (Å²) in [6, 6.07) is 0. The van der Waals surface area contributed by atoms with Gasteiger partial charge in [-0.2, -0.15) is 0 Å². The third-order valence-corrected chi connectivity index (χ3v) is 4.90. The average Bonchev–Trinajstić information content (AvgIpc) is 2.89. The van der Waals surface area contributed by atoms with Crippen LogP contribution in [0.15, 0.2) is 0 Å². The molecule has 2 aliphatic carbocycles. The Kier molecular flexibility index (Phi) is 3.88. The molecule has 2 rings (SSSR count). The lowest BCUT2D eigenvalue weighted by Gasteiger charge is -2.44. The van der Waals surface area contributed by atoms with Gasteiger partial charge in [-0.3, -0.25) is 4.90 Å². The molecule has 2 saturated carbocycles. The maximum atomic E-state index is 6.09. The van der Waals surface area contributed by atoms with E-state index in [4.69, 9.17) is 10.5 Å². The molecule has 0 aromatic rings. The Morgan fingerprint density at radius 3 is 2.75 bits per heavy atom. The van der Waals surface area contributed by atoms with Gasteiger partial charge in [0, 0.05) is 32.3 Å². The van der Waals surface area contributed by atoms with Gasteiger partial charge in [0.15, 0.2) is 0 Å². The van der Waals surface area contributed by atoms with E-state index in [0.717, 1.165) is 38.0 Å². The van der Waals surface area contributed by atoms with Crippen LogP contribution in [-0.2, 0) is 4.74 Å². The molecular weight excluding hydrogens is 200 g/mol. The fourth-order valence-corrected chi connectivity index (χ4v) is 3.96. The van der Waals surface area contributed by atoms with E-state index in [2.05, 4.69) is 11.9 Å². The second-order valence-corrected chi connectivity index (χ2v) is 5.66. The number of fused-ring (bicyclic) bond motifs is 2. The molecule has 3 unspecified atom stereocenters. The van der Waals surface area contributed by atoms with Crippen LogP contribution >= 0.6 is 0 Å². The topological polar surface area (TPSA) is 38.5 Å². The summed E-state index contributed by atoms with van der Waals surface area (Å²) in [5.74, 6) is 1.81. The van der Waals surface area contributed by atoms with Gasteiger partial charge in [-0.25, -0.2) is 0 Å². The number of hydrogen-bond donors (Lipinski definition) is 1. The van der Waals surface area contributed by atoms with Gasteiger partial charge < -0.3 is 10.5 Å². The molecular formula is C13H26N2O. The predicted octanol–water partition coefficient (Wildman–Crippen LogP) is 1.47. The van der Waals surface area contributed by atoms with Crippen LogP contribution in [0.4, 0.5) is 0 Å². The smallest absolute Gasteiger partial charge is 0.0474 e. The molecule has 0 radical (unpaired) electrons. The van der Waals surface area contributed by atoms with E-state index in [1.165, 1.54) is 25.7 Å². The molecule has 0 aromatic carbocycles.